The molecule has 0 aromatic heterocycles. The summed E-state index contributed by atoms with van der Waals surface area (Å²) in [4.78, 5) is 0. The lowest BCUT2D eigenvalue weighted by Crippen LogP contribution is -2.23. The average molecular weight is 415 g/mol. The molecule has 1 atom stereocenters. The first-order chi connectivity index (χ1) is 11.5. The minimum atomic E-state index is -0.377. The van der Waals surface area contributed by atoms with Crippen LogP contribution < -0.4 is 14.8 Å². The third kappa shape index (κ3) is 5.67. The van der Waals surface area contributed by atoms with E-state index in [1.54, 1.807) is 14.0 Å². The van der Waals surface area contributed by atoms with E-state index < -0.39 is 0 Å². The van der Waals surface area contributed by atoms with Crippen LogP contribution in [0.5, 0.6) is 11.5 Å². The van der Waals surface area contributed by atoms with Crippen LogP contribution in [-0.2, 0) is 13.2 Å². The summed E-state index contributed by atoms with van der Waals surface area (Å²) in [6, 6.07) is 11.4. The van der Waals surface area contributed by atoms with Gasteiger partial charge in [-0.05, 0) is 58.2 Å². The lowest BCUT2D eigenvalue weighted by molar-refractivity contribution is 0.191. The van der Waals surface area contributed by atoms with Crippen LogP contribution in [0.15, 0.2) is 40.9 Å². The molecule has 0 radical (unpaired) electrons. The molecule has 0 saturated carbocycles. The molecule has 0 heterocycles. The predicted octanol–water partition coefficient (Wildman–Crippen LogP) is 4.16. The maximum absolute atomic E-state index is 9.30. The molecule has 0 bridgehead atoms. The van der Waals surface area contributed by atoms with Gasteiger partial charge in [-0.25, -0.2) is 0 Å². The van der Waals surface area contributed by atoms with Crippen molar-refractivity contribution < 1.29 is 14.6 Å². The highest BCUT2D eigenvalue weighted by Crippen LogP contribution is 2.37. The molecule has 0 spiro atoms. The summed E-state index contributed by atoms with van der Waals surface area (Å²) in [7, 11) is 1.62. The van der Waals surface area contributed by atoms with Crippen LogP contribution in [-0.4, -0.2) is 24.9 Å². The minimum Gasteiger partial charge on any atom is -0.493 e. The van der Waals surface area contributed by atoms with E-state index in [0.717, 1.165) is 15.6 Å². The fourth-order valence-corrected chi connectivity index (χ4v) is 2.91. The maximum atomic E-state index is 9.30. The van der Waals surface area contributed by atoms with Crippen molar-refractivity contribution in [3.63, 3.8) is 0 Å². The number of aliphatic hydroxyl groups is 1. The van der Waals surface area contributed by atoms with Crippen LogP contribution in [0, 0.1) is 0 Å². The van der Waals surface area contributed by atoms with Gasteiger partial charge >= 0.3 is 0 Å². The SMILES string of the molecule is COc1cc(CNC[C@@H](C)O)cc(Br)c1OCc1ccc(Cl)cc1. The summed E-state index contributed by atoms with van der Waals surface area (Å²) < 4.78 is 12.2. The Kier molecular flexibility index (Phi) is 7.37. The van der Waals surface area contributed by atoms with E-state index >= 15 is 0 Å². The van der Waals surface area contributed by atoms with Crippen molar-refractivity contribution in [2.24, 2.45) is 0 Å². The molecule has 0 saturated heterocycles. The molecule has 2 aromatic rings. The fraction of sp³-hybridized carbons (Fsp3) is 0.333. The summed E-state index contributed by atoms with van der Waals surface area (Å²) in [5, 5.41) is 13.2. The van der Waals surface area contributed by atoms with E-state index in [0.29, 0.717) is 36.2 Å². The van der Waals surface area contributed by atoms with Crippen LogP contribution in [0.4, 0.5) is 0 Å². The van der Waals surface area contributed by atoms with E-state index in [-0.39, 0.29) is 6.10 Å². The van der Waals surface area contributed by atoms with Gasteiger partial charge in [-0.3, -0.25) is 0 Å². The normalized spacial score (nSPS) is 12.0. The molecule has 24 heavy (non-hydrogen) atoms. The molecule has 0 fully saturated rings. The van der Waals surface area contributed by atoms with Crippen molar-refractivity contribution in [2.75, 3.05) is 13.7 Å². The van der Waals surface area contributed by atoms with Gasteiger partial charge in [-0.2, -0.15) is 0 Å². The molecule has 2 N–H and O–H groups in total. The number of benzene rings is 2. The molecule has 0 unspecified atom stereocenters. The third-order valence-electron chi connectivity index (χ3n) is 3.35. The minimum absolute atomic E-state index is 0.377. The molecule has 0 aliphatic rings. The van der Waals surface area contributed by atoms with Crippen LogP contribution in [0.1, 0.15) is 18.1 Å². The van der Waals surface area contributed by atoms with Crippen LogP contribution in [0.25, 0.3) is 0 Å². The number of methoxy groups -OCH3 is 1. The number of halogens is 2. The molecule has 0 amide bonds. The largest absolute Gasteiger partial charge is 0.493 e. The highest BCUT2D eigenvalue weighted by atomic mass is 79.9. The second kappa shape index (κ2) is 9.28. The Morgan fingerprint density at radius 3 is 2.54 bits per heavy atom. The zero-order chi connectivity index (χ0) is 17.5. The first-order valence-electron chi connectivity index (χ1n) is 7.62. The summed E-state index contributed by atoms with van der Waals surface area (Å²) in [5.74, 6) is 1.32. The average Bonchev–Trinajstić information content (AvgIpc) is 2.54. The monoisotopic (exact) mass is 413 g/mol. The highest BCUT2D eigenvalue weighted by Gasteiger charge is 2.12. The van der Waals surface area contributed by atoms with Crippen molar-refractivity contribution in [1.29, 1.82) is 0 Å². The van der Waals surface area contributed by atoms with Crippen molar-refractivity contribution in [2.45, 2.75) is 26.2 Å². The summed E-state index contributed by atoms with van der Waals surface area (Å²) in [5.41, 5.74) is 2.06. The number of ether oxygens (including phenoxy) is 2. The van der Waals surface area contributed by atoms with Crippen molar-refractivity contribution in [3.8, 4) is 11.5 Å². The molecule has 6 heteroatoms. The van der Waals surface area contributed by atoms with Crippen LogP contribution in [0.2, 0.25) is 5.02 Å². The fourth-order valence-electron chi connectivity index (χ4n) is 2.18. The number of nitrogens with one attached hydrogen (secondary N) is 1. The first-order valence-corrected chi connectivity index (χ1v) is 8.79. The predicted molar refractivity (Wildman–Crippen MR) is 99.9 cm³/mol. The van der Waals surface area contributed by atoms with Crippen molar-refractivity contribution in [3.05, 3.63) is 57.0 Å². The van der Waals surface area contributed by atoms with Gasteiger partial charge in [0.1, 0.15) is 6.61 Å². The Morgan fingerprint density at radius 1 is 1.21 bits per heavy atom. The number of hydrogen-bond acceptors (Lipinski definition) is 4. The van der Waals surface area contributed by atoms with Gasteiger partial charge in [-0.1, -0.05) is 23.7 Å². The first kappa shape index (κ1) is 19.1. The second-order valence-electron chi connectivity index (χ2n) is 5.50. The Morgan fingerprint density at radius 2 is 1.92 bits per heavy atom. The van der Waals surface area contributed by atoms with Gasteiger partial charge in [-0.15, -0.1) is 0 Å². The Labute approximate surface area is 155 Å². The van der Waals surface area contributed by atoms with E-state index in [4.69, 9.17) is 21.1 Å². The van der Waals surface area contributed by atoms with E-state index in [9.17, 15) is 5.11 Å². The smallest absolute Gasteiger partial charge is 0.175 e. The summed E-state index contributed by atoms with van der Waals surface area (Å²) >= 11 is 9.43. The topological polar surface area (TPSA) is 50.7 Å². The number of rotatable bonds is 8. The van der Waals surface area contributed by atoms with E-state index in [1.165, 1.54) is 0 Å². The van der Waals surface area contributed by atoms with Gasteiger partial charge in [0.2, 0.25) is 0 Å². The molecule has 2 aromatic carbocycles. The quantitative estimate of drug-likeness (QED) is 0.681. The highest BCUT2D eigenvalue weighted by molar-refractivity contribution is 9.10. The van der Waals surface area contributed by atoms with Gasteiger partial charge in [0.15, 0.2) is 11.5 Å². The van der Waals surface area contributed by atoms with Crippen LogP contribution in [0.3, 0.4) is 0 Å². The van der Waals surface area contributed by atoms with Crippen molar-refractivity contribution >= 4 is 27.5 Å². The summed E-state index contributed by atoms with van der Waals surface area (Å²) in [6.45, 7) is 3.34. The molecular formula is C18H21BrClNO3. The Balaban J connectivity index is 2.07. The Hall–Kier alpha value is -1.27. The van der Waals surface area contributed by atoms with Gasteiger partial charge in [0.25, 0.3) is 0 Å². The second-order valence-corrected chi connectivity index (χ2v) is 6.79. The van der Waals surface area contributed by atoms with Gasteiger partial charge in [0, 0.05) is 18.1 Å². The Bertz CT molecular complexity index is 662. The molecular weight excluding hydrogens is 394 g/mol. The van der Waals surface area contributed by atoms with Gasteiger partial charge in [0.05, 0.1) is 17.7 Å². The maximum Gasteiger partial charge on any atom is 0.175 e. The lowest BCUT2D eigenvalue weighted by Gasteiger charge is -2.15. The summed E-state index contributed by atoms with van der Waals surface area (Å²) in [6.07, 6.45) is -0.377. The molecule has 4 nitrogen and oxygen atoms in total. The standard InChI is InChI=1S/C18H21BrClNO3/c1-12(22)9-21-10-14-7-16(19)18(17(8-14)23-2)24-11-13-3-5-15(20)6-4-13/h3-8,12,21-22H,9-11H2,1-2H3/t12-/m1/s1. The number of hydrogen-bond donors (Lipinski definition) is 2. The zero-order valence-corrected chi connectivity index (χ0v) is 16.0. The number of aliphatic hydroxyl groups excluding tert-OH is 1. The van der Waals surface area contributed by atoms with Gasteiger partial charge < -0.3 is 19.9 Å². The third-order valence-corrected chi connectivity index (χ3v) is 4.20. The lowest BCUT2D eigenvalue weighted by atomic mass is 10.2. The van der Waals surface area contributed by atoms with E-state index in [2.05, 4.69) is 21.2 Å². The molecule has 0 aliphatic heterocycles. The van der Waals surface area contributed by atoms with Crippen molar-refractivity contribution in [1.82, 2.24) is 5.32 Å². The molecule has 0 aliphatic carbocycles. The molecule has 2 rings (SSSR count). The zero-order valence-electron chi connectivity index (χ0n) is 13.7. The molecule has 130 valence electrons. The van der Waals surface area contributed by atoms with E-state index in [1.807, 2.05) is 36.4 Å². The van der Waals surface area contributed by atoms with Crippen LogP contribution >= 0.6 is 27.5 Å².